The molecule has 0 atom stereocenters. The third kappa shape index (κ3) is 3.02. The molecule has 0 saturated heterocycles. The van der Waals surface area contributed by atoms with E-state index in [1.54, 1.807) is 0 Å². The van der Waals surface area contributed by atoms with Gasteiger partial charge in [0.25, 0.3) is 0 Å². The molecule has 0 aliphatic carbocycles. The number of hydrogen-bond donors (Lipinski definition) is 1. The van der Waals surface area contributed by atoms with Crippen LogP contribution in [0.2, 0.25) is 0 Å². The Hall–Kier alpha value is -1.81. The number of hydrogen-bond acceptors (Lipinski definition) is 4. The number of benzene rings is 1. The van der Waals surface area contributed by atoms with E-state index in [2.05, 4.69) is 36.5 Å². The van der Waals surface area contributed by atoms with E-state index in [0.29, 0.717) is 6.61 Å². The Bertz CT molecular complexity index is 560. The van der Waals surface area contributed by atoms with Gasteiger partial charge >= 0.3 is 0 Å². The highest BCUT2D eigenvalue weighted by molar-refractivity contribution is 5.43. The first kappa shape index (κ1) is 14.6. The Balaban J connectivity index is 2.18. The highest BCUT2D eigenvalue weighted by Crippen LogP contribution is 2.26. The zero-order valence-electron chi connectivity index (χ0n) is 12.8. The molecule has 0 unspecified atom stereocenters. The molecule has 0 aliphatic heterocycles. The van der Waals surface area contributed by atoms with E-state index in [0.717, 1.165) is 40.4 Å². The van der Waals surface area contributed by atoms with Gasteiger partial charge in [0, 0.05) is 6.54 Å². The Morgan fingerprint density at radius 3 is 2.30 bits per heavy atom. The average Bonchev–Trinajstić information content (AvgIpc) is 2.69. The third-order valence-electron chi connectivity index (χ3n) is 3.44. The molecular weight excluding hydrogens is 252 g/mol. The van der Waals surface area contributed by atoms with Crippen molar-refractivity contribution >= 4 is 0 Å². The van der Waals surface area contributed by atoms with Crippen molar-refractivity contribution in [3.05, 3.63) is 45.8 Å². The maximum atomic E-state index is 5.99. The summed E-state index contributed by atoms with van der Waals surface area (Å²) < 4.78 is 11.1. The van der Waals surface area contributed by atoms with Gasteiger partial charge in [0.05, 0.1) is 11.3 Å². The largest absolute Gasteiger partial charge is 0.488 e. The SMILES string of the molecule is CNCc1cc(C)c(OCc2c(C)noc2C)c(C)c1. The van der Waals surface area contributed by atoms with Crippen molar-refractivity contribution < 1.29 is 9.26 Å². The van der Waals surface area contributed by atoms with Crippen LogP contribution in [-0.4, -0.2) is 12.2 Å². The summed E-state index contributed by atoms with van der Waals surface area (Å²) in [6.45, 7) is 9.36. The van der Waals surface area contributed by atoms with Gasteiger partial charge in [0.15, 0.2) is 0 Å². The maximum Gasteiger partial charge on any atom is 0.140 e. The molecule has 2 aromatic rings. The van der Waals surface area contributed by atoms with Crippen LogP contribution in [0.1, 0.15) is 33.7 Å². The van der Waals surface area contributed by atoms with Crippen LogP contribution in [0.15, 0.2) is 16.7 Å². The fraction of sp³-hybridized carbons (Fsp3) is 0.438. The molecule has 4 heteroatoms. The van der Waals surface area contributed by atoms with Crippen molar-refractivity contribution in [3.63, 3.8) is 0 Å². The van der Waals surface area contributed by atoms with Crippen molar-refractivity contribution in [1.29, 1.82) is 0 Å². The van der Waals surface area contributed by atoms with Crippen molar-refractivity contribution in [2.75, 3.05) is 7.05 Å². The summed E-state index contributed by atoms with van der Waals surface area (Å²) in [6.07, 6.45) is 0. The van der Waals surface area contributed by atoms with Gasteiger partial charge in [-0.2, -0.15) is 0 Å². The lowest BCUT2D eigenvalue weighted by Gasteiger charge is -2.14. The van der Waals surface area contributed by atoms with Crippen molar-refractivity contribution in [3.8, 4) is 5.75 Å². The van der Waals surface area contributed by atoms with Gasteiger partial charge in [0.1, 0.15) is 18.1 Å². The van der Waals surface area contributed by atoms with Crippen LogP contribution < -0.4 is 10.1 Å². The van der Waals surface area contributed by atoms with E-state index >= 15 is 0 Å². The zero-order valence-corrected chi connectivity index (χ0v) is 12.8. The van der Waals surface area contributed by atoms with Crippen LogP contribution in [0.5, 0.6) is 5.75 Å². The van der Waals surface area contributed by atoms with E-state index in [4.69, 9.17) is 9.26 Å². The van der Waals surface area contributed by atoms with E-state index in [-0.39, 0.29) is 0 Å². The quantitative estimate of drug-likeness (QED) is 0.909. The first-order valence-corrected chi connectivity index (χ1v) is 6.82. The molecule has 0 saturated carbocycles. The van der Waals surface area contributed by atoms with Gasteiger partial charge in [-0.25, -0.2) is 0 Å². The predicted octanol–water partition coefficient (Wildman–Crippen LogP) is 3.21. The summed E-state index contributed by atoms with van der Waals surface area (Å²) in [4.78, 5) is 0. The molecule has 1 heterocycles. The normalized spacial score (nSPS) is 10.8. The van der Waals surface area contributed by atoms with Crippen molar-refractivity contribution in [2.24, 2.45) is 0 Å². The van der Waals surface area contributed by atoms with E-state index in [1.165, 1.54) is 5.56 Å². The van der Waals surface area contributed by atoms with Gasteiger partial charge in [-0.3, -0.25) is 0 Å². The topological polar surface area (TPSA) is 47.3 Å². The Labute approximate surface area is 120 Å². The Morgan fingerprint density at radius 2 is 1.80 bits per heavy atom. The summed E-state index contributed by atoms with van der Waals surface area (Å²) in [7, 11) is 1.95. The summed E-state index contributed by atoms with van der Waals surface area (Å²) in [5.74, 6) is 1.77. The van der Waals surface area contributed by atoms with Gasteiger partial charge in [-0.05, 0) is 51.4 Å². The first-order valence-electron chi connectivity index (χ1n) is 6.82. The molecule has 1 aromatic heterocycles. The van der Waals surface area contributed by atoms with E-state index < -0.39 is 0 Å². The minimum atomic E-state index is 0.494. The number of aryl methyl sites for hydroxylation is 4. The van der Waals surface area contributed by atoms with Crippen LogP contribution in [0.4, 0.5) is 0 Å². The fourth-order valence-electron chi connectivity index (χ4n) is 2.43. The molecule has 1 N–H and O–H groups in total. The second-order valence-electron chi connectivity index (χ2n) is 5.18. The van der Waals surface area contributed by atoms with E-state index in [9.17, 15) is 0 Å². The lowest BCUT2D eigenvalue weighted by atomic mass is 10.1. The molecule has 0 amide bonds. The molecule has 0 bridgehead atoms. The summed E-state index contributed by atoms with van der Waals surface area (Å²) >= 11 is 0. The highest BCUT2D eigenvalue weighted by Gasteiger charge is 2.12. The van der Waals surface area contributed by atoms with Crippen LogP contribution in [0.25, 0.3) is 0 Å². The van der Waals surface area contributed by atoms with Crippen LogP contribution >= 0.6 is 0 Å². The van der Waals surface area contributed by atoms with Crippen molar-refractivity contribution in [1.82, 2.24) is 10.5 Å². The second-order valence-corrected chi connectivity index (χ2v) is 5.18. The molecule has 0 fully saturated rings. The summed E-state index contributed by atoms with van der Waals surface area (Å²) in [5, 5.41) is 7.11. The molecule has 2 rings (SSSR count). The standard InChI is InChI=1S/C16H22N2O2/c1-10-6-14(8-17-5)7-11(2)16(10)19-9-15-12(3)18-20-13(15)4/h6-7,17H,8-9H2,1-5H3. The second kappa shape index (κ2) is 6.09. The average molecular weight is 274 g/mol. The highest BCUT2D eigenvalue weighted by atomic mass is 16.5. The molecule has 0 aliphatic rings. The summed E-state index contributed by atoms with van der Waals surface area (Å²) in [6, 6.07) is 4.32. The molecular formula is C16H22N2O2. The third-order valence-corrected chi connectivity index (χ3v) is 3.44. The van der Waals surface area contributed by atoms with Crippen LogP contribution in [-0.2, 0) is 13.2 Å². The van der Waals surface area contributed by atoms with Crippen molar-refractivity contribution in [2.45, 2.75) is 40.8 Å². The smallest absolute Gasteiger partial charge is 0.140 e. The number of ether oxygens (including phenoxy) is 1. The molecule has 0 spiro atoms. The van der Waals surface area contributed by atoms with Gasteiger partial charge in [0.2, 0.25) is 0 Å². The molecule has 20 heavy (non-hydrogen) atoms. The van der Waals surface area contributed by atoms with Gasteiger partial charge < -0.3 is 14.6 Å². The minimum absolute atomic E-state index is 0.494. The van der Waals surface area contributed by atoms with Gasteiger partial charge in [-0.1, -0.05) is 17.3 Å². The van der Waals surface area contributed by atoms with Crippen LogP contribution in [0, 0.1) is 27.7 Å². The molecule has 0 radical (unpaired) electrons. The van der Waals surface area contributed by atoms with Crippen LogP contribution in [0.3, 0.4) is 0 Å². The lowest BCUT2D eigenvalue weighted by molar-refractivity contribution is 0.297. The Kier molecular flexibility index (Phi) is 4.45. The Morgan fingerprint density at radius 1 is 1.15 bits per heavy atom. The number of nitrogens with one attached hydrogen (secondary N) is 1. The first-order chi connectivity index (χ1) is 9.52. The number of aromatic nitrogens is 1. The fourth-order valence-corrected chi connectivity index (χ4v) is 2.43. The molecule has 108 valence electrons. The maximum absolute atomic E-state index is 5.99. The minimum Gasteiger partial charge on any atom is -0.488 e. The monoisotopic (exact) mass is 274 g/mol. The molecule has 1 aromatic carbocycles. The number of rotatable bonds is 5. The van der Waals surface area contributed by atoms with E-state index in [1.807, 2.05) is 20.9 Å². The lowest BCUT2D eigenvalue weighted by Crippen LogP contribution is -2.07. The number of nitrogens with zero attached hydrogens (tertiary/aromatic N) is 1. The zero-order chi connectivity index (χ0) is 14.7. The predicted molar refractivity (Wildman–Crippen MR) is 79.0 cm³/mol. The molecule has 4 nitrogen and oxygen atoms in total. The van der Waals surface area contributed by atoms with Gasteiger partial charge in [-0.15, -0.1) is 0 Å². The summed E-state index contributed by atoms with van der Waals surface area (Å²) in [5.41, 5.74) is 5.50.